The highest BCUT2D eigenvalue weighted by atomic mass is 79.9. The van der Waals surface area contributed by atoms with E-state index < -0.39 is 6.04 Å². The molecule has 2 aromatic carbocycles. The van der Waals surface area contributed by atoms with E-state index in [4.69, 9.17) is 11.6 Å². The molecule has 0 saturated carbocycles. The van der Waals surface area contributed by atoms with Gasteiger partial charge < -0.3 is 10.6 Å². The van der Waals surface area contributed by atoms with Gasteiger partial charge in [-0.3, -0.25) is 9.78 Å². The van der Waals surface area contributed by atoms with Gasteiger partial charge >= 0.3 is 0 Å². The average Bonchev–Trinajstić information content (AvgIpc) is 2.69. The van der Waals surface area contributed by atoms with E-state index >= 15 is 0 Å². The first kappa shape index (κ1) is 20.4. The molecule has 28 heavy (non-hydrogen) atoms. The van der Waals surface area contributed by atoms with Gasteiger partial charge in [0.05, 0.1) is 10.7 Å². The van der Waals surface area contributed by atoms with Crippen LogP contribution in [-0.2, 0) is 11.2 Å². The highest BCUT2D eigenvalue weighted by molar-refractivity contribution is 9.10. The number of rotatable bonds is 7. The van der Waals surface area contributed by atoms with Gasteiger partial charge in [0, 0.05) is 23.4 Å². The van der Waals surface area contributed by atoms with Crippen molar-refractivity contribution in [2.75, 3.05) is 11.9 Å². The summed E-state index contributed by atoms with van der Waals surface area (Å²) in [6.07, 6.45) is 4.24. The first-order valence-electron chi connectivity index (χ1n) is 8.98. The Kier molecular flexibility index (Phi) is 7.06. The van der Waals surface area contributed by atoms with Crippen LogP contribution in [0.4, 0.5) is 5.69 Å². The predicted molar refractivity (Wildman–Crippen MR) is 118 cm³/mol. The molecule has 0 unspecified atom stereocenters. The fraction of sp³-hybridized carbons (Fsp3) is 0.182. The highest BCUT2D eigenvalue weighted by Crippen LogP contribution is 2.30. The third-order valence-corrected chi connectivity index (χ3v) is 5.40. The van der Waals surface area contributed by atoms with E-state index in [0.29, 0.717) is 11.6 Å². The summed E-state index contributed by atoms with van der Waals surface area (Å²) in [7, 11) is 0. The Labute approximate surface area is 178 Å². The van der Waals surface area contributed by atoms with Crippen molar-refractivity contribution in [1.82, 2.24) is 10.3 Å². The number of amides is 1. The molecule has 1 aromatic heterocycles. The van der Waals surface area contributed by atoms with Crippen molar-refractivity contribution in [2.24, 2.45) is 0 Å². The van der Waals surface area contributed by atoms with E-state index in [1.54, 1.807) is 12.4 Å². The van der Waals surface area contributed by atoms with Crippen molar-refractivity contribution in [3.8, 4) is 0 Å². The number of nitrogens with one attached hydrogen (secondary N) is 2. The fourth-order valence-electron chi connectivity index (χ4n) is 2.87. The summed E-state index contributed by atoms with van der Waals surface area (Å²) in [5.41, 5.74) is 3.76. The van der Waals surface area contributed by atoms with E-state index in [1.807, 2.05) is 61.5 Å². The quantitative estimate of drug-likeness (QED) is 0.504. The van der Waals surface area contributed by atoms with Crippen LogP contribution in [0.1, 0.15) is 22.7 Å². The lowest BCUT2D eigenvalue weighted by Gasteiger charge is -2.22. The molecule has 0 saturated heterocycles. The molecule has 6 heteroatoms. The Morgan fingerprint density at radius 3 is 2.61 bits per heavy atom. The van der Waals surface area contributed by atoms with Gasteiger partial charge in [-0.15, -0.1) is 0 Å². The smallest absolute Gasteiger partial charge is 0.247 e. The second-order valence-electron chi connectivity index (χ2n) is 6.48. The van der Waals surface area contributed by atoms with Crippen LogP contribution in [0.5, 0.6) is 0 Å². The first-order valence-corrected chi connectivity index (χ1v) is 10.2. The molecule has 1 atom stereocenters. The minimum Gasteiger partial charge on any atom is -0.369 e. The number of aromatic nitrogens is 1. The number of hydrogen-bond donors (Lipinski definition) is 2. The van der Waals surface area contributed by atoms with E-state index in [1.165, 1.54) is 0 Å². The largest absolute Gasteiger partial charge is 0.369 e. The van der Waals surface area contributed by atoms with Crippen molar-refractivity contribution in [3.05, 3.63) is 93.2 Å². The third kappa shape index (κ3) is 5.33. The zero-order chi connectivity index (χ0) is 19.9. The number of carbonyl (C=O) groups excluding carboxylic acids is 1. The first-order chi connectivity index (χ1) is 13.5. The number of aryl methyl sites for hydroxylation is 1. The molecule has 3 aromatic rings. The van der Waals surface area contributed by atoms with Gasteiger partial charge in [0.25, 0.3) is 0 Å². The Morgan fingerprint density at radius 2 is 1.89 bits per heavy atom. The summed E-state index contributed by atoms with van der Waals surface area (Å²) in [6.45, 7) is 2.51. The van der Waals surface area contributed by atoms with Crippen LogP contribution in [-0.4, -0.2) is 17.4 Å². The van der Waals surface area contributed by atoms with Crippen LogP contribution in [0.2, 0.25) is 5.02 Å². The molecule has 0 radical (unpaired) electrons. The normalized spacial score (nSPS) is 11.7. The molecule has 1 amide bonds. The molecule has 0 aliphatic carbocycles. The summed E-state index contributed by atoms with van der Waals surface area (Å²) >= 11 is 9.93. The summed E-state index contributed by atoms with van der Waals surface area (Å²) in [5.74, 6) is -0.113. The van der Waals surface area contributed by atoms with Crippen LogP contribution in [0.15, 0.2) is 71.5 Å². The zero-order valence-corrected chi connectivity index (χ0v) is 17.8. The number of benzene rings is 2. The van der Waals surface area contributed by atoms with Crippen molar-refractivity contribution < 1.29 is 4.79 Å². The number of anilines is 1. The van der Waals surface area contributed by atoms with Crippen LogP contribution >= 0.6 is 27.5 Å². The Balaban J connectivity index is 1.77. The SMILES string of the molecule is Cc1ccc(N[C@H](C(=O)NCCc2ccncc2)c2ccccc2Br)c(Cl)c1. The molecule has 0 aliphatic rings. The van der Waals surface area contributed by atoms with Gasteiger partial charge in [0.1, 0.15) is 6.04 Å². The summed E-state index contributed by atoms with van der Waals surface area (Å²) in [5, 5.41) is 6.90. The van der Waals surface area contributed by atoms with Crippen molar-refractivity contribution in [1.29, 1.82) is 0 Å². The van der Waals surface area contributed by atoms with Crippen LogP contribution in [0, 0.1) is 6.92 Å². The van der Waals surface area contributed by atoms with Crippen molar-refractivity contribution >= 4 is 39.1 Å². The minimum atomic E-state index is -0.576. The summed E-state index contributed by atoms with van der Waals surface area (Å²) in [4.78, 5) is 17.0. The van der Waals surface area contributed by atoms with Gasteiger partial charge in [0.2, 0.25) is 5.91 Å². The van der Waals surface area contributed by atoms with Crippen molar-refractivity contribution in [3.63, 3.8) is 0 Å². The number of pyridine rings is 1. The molecule has 3 rings (SSSR count). The molecule has 0 fully saturated rings. The maximum absolute atomic E-state index is 13.0. The van der Waals surface area contributed by atoms with Crippen LogP contribution in [0.25, 0.3) is 0 Å². The molecule has 0 bridgehead atoms. The van der Waals surface area contributed by atoms with E-state index in [-0.39, 0.29) is 5.91 Å². The highest BCUT2D eigenvalue weighted by Gasteiger charge is 2.23. The maximum Gasteiger partial charge on any atom is 0.247 e. The van der Waals surface area contributed by atoms with Crippen LogP contribution < -0.4 is 10.6 Å². The standard InChI is InChI=1S/C22H21BrClN3O/c1-15-6-7-20(19(24)14-15)27-21(17-4-2-3-5-18(17)23)22(28)26-13-10-16-8-11-25-12-9-16/h2-9,11-12,14,21,27H,10,13H2,1H3,(H,26,28)/t21-/m0/s1. The lowest BCUT2D eigenvalue weighted by molar-refractivity contribution is -0.121. The lowest BCUT2D eigenvalue weighted by Crippen LogP contribution is -2.35. The fourth-order valence-corrected chi connectivity index (χ4v) is 3.67. The van der Waals surface area contributed by atoms with Gasteiger partial charge in [-0.2, -0.15) is 0 Å². The summed E-state index contributed by atoms with van der Waals surface area (Å²) < 4.78 is 0.861. The van der Waals surface area contributed by atoms with Gasteiger partial charge in [-0.25, -0.2) is 0 Å². The molecule has 0 aliphatic heterocycles. The monoisotopic (exact) mass is 457 g/mol. The third-order valence-electron chi connectivity index (χ3n) is 4.37. The van der Waals surface area contributed by atoms with E-state index in [0.717, 1.165) is 33.3 Å². The molecule has 1 heterocycles. The lowest BCUT2D eigenvalue weighted by atomic mass is 10.1. The maximum atomic E-state index is 13.0. The Hall–Kier alpha value is -2.37. The molecular weight excluding hydrogens is 438 g/mol. The summed E-state index contributed by atoms with van der Waals surface area (Å²) in [6, 6.07) is 16.7. The van der Waals surface area contributed by atoms with Gasteiger partial charge in [-0.05, 0) is 60.4 Å². The van der Waals surface area contributed by atoms with Gasteiger partial charge in [0.15, 0.2) is 0 Å². The zero-order valence-electron chi connectivity index (χ0n) is 15.5. The second kappa shape index (κ2) is 9.71. The average molecular weight is 459 g/mol. The van der Waals surface area contributed by atoms with Gasteiger partial charge in [-0.1, -0.05) is 51.8 Å². The predicted octanol–water partition coefficient (Wildman–Crippen LogP) is 5.32. The number of nitrogens with zero attached hydrogens (tertiary/aromatic N) is 1. The molecule has 0 spiro atoms. The number of carbonyl (C=O) groups is 1. The van der Waals surface area contributed by atoms with Crippen LogP contribution in [0.3, 0.4) is 0 Å². The number of halogens is 2. The second-order valence-corrected chi connectivity index (χ2v) is 7.74. The topological polar surface area (TPSA) is 54.0 Å². The molecule has 144 valence electrons. The van der Waals surface area contributed by atoms with Crippen molar-refractivity contribution in [2.45, 2.75) is 19.4 Å². The Morgan fingerprint density at radius 1 is 1.14 bits per heavy atom. The van der Waals surface area contributed by atoms with E-state index in [9.17, 15) is 4.79 Å². The molecular formula is C22H21BrClN3O. The Bertz CT molecular complexity index is 950. The van der Waals surface area contributed by atoms with E-state index in [2.05, 4.69) is 31.5 Å². The minimum absolute atomic E-state index is 0.113. The molecule has 4 nitrogen and oxygen atoms in total. The molecule has 2 N–H and O–H groups in total. The number of hydrogen-bond acceptors (Lipinski definition) is 3.